The van der Waals surface area contributed by atoms with Gasteiger partial charge in [-0.05, 0) is 80.1 Å². The molecule has 0 N–H and O–H groups in total. The van der Waals surface area contributed by atoms with Crippen LogP contribution in [0.25, 0.3) is 5.57 Å². The van der Waals surface area contributed by atoms with Gasteiger partial charge in [0.1, 0.15) is 11.6 Å². The third-order valence-corrected chi connectivity index (χ3v) is 5.36. The van der Waals surface area contributed by atoms with Gasteiger partial charge in [-0.25, -0.2) is 8.78 Å². The second kappa shape index (κ2) is 6.65. The van der Waals surface area contributed by atoms with Gasteiger partial charge in [-0.15, -0.1) is 12.3 Å². The van der Waals surface area contributed by atoms with Crippen molar-refractivity contribution in [2.75, 3.05) is 0 Å². The maximum atomic E-state index is 13.3. The van der Waals surface area contributed by atoms with E-state index in [0.29, 0.717) is 17.4 Å². The van der Waals surface area contributed by atoms with Gasteiger partial charge in [-0.3, -0.25) is 0 Å². The fourth-order valence-corrected chi connectivity index (χ4v) is 4.04. The van der Waals surface area contributed by atoms with E-state index in [1.54, 1.807) is 0 Å². The smallest absolute Gasteiger partial charge is 0.126 e. The molecule has 0 heterocycles. The maximum Gasteiger partial charge on any atom is 0.126 e. The molecule has 1 saturated carbocycles. The van der Waals surface area contributed by atoms with Crippen LogP contribution >= 0.6 is 0 Å². The predicted molar refractivity (Wildman–Crippen MR) is 86.0 cm³/mol. The number of hydrogen-bond acceptors (Lipinski definition) is 0. The van der Waals surface area contributed by atoms with Gasteiger partial charge >= 0.3 is 0 Å². The minimum atomic E-state index is -0.495. The molecule has 1 atom stereocenters. The van der Waals surface area contributed by atoms with E-state index in [-0.39, 0.29) is 0 Å². The summed E-state index contributed by atoms with van der Waals surface area (Å²) in [6.45, 7) is 0. The van der Waals surface area contributed by atoms with Crippen molar-refractivity contribution < 1.29 is 8.78 Å². The van der Waals surface area contributed by atoms with Crippen LogP contribution in [-0.4, -0.2) is 0 Å². The molecule has 0 saturated heterocycles. The standard InChI is InChI=1S/C20H22F2/c1-2-14-3-5-15(6-4-14)16-7-9-17(10-8-16)18-11-19(21)13-20(22)12-18/h1,9,11-16H,3-8,10H2. The molecular weight excluding hydrogens is 278 g/mol. The van der Waals surface area contributed by atoms with Crippen molar-refractivity contribution in [3.8, 4) is 12.3 Å². The molecule has 0 bridgehead atoms. The number of hydrogen-bond donors (Lipinski definition) is 0. The van der Waals surface area contributed by atoms with E-state index in [1.807, 2.05) is 0 Å². The van der Waals surface area contributed by atoms with Crippen LogP contribution < -0.4 is 0 Å². The zero-order chi connectivity index (χ0) is 15.5. The summed E-state index contributed by atoms with van der Waals surface area (Å²) in [5.41, 5.74) is 1.79. The van der Waals surface area contributed by atoms with Gasteiger partial charge in [0.25, 0.3) is 0 Å². The molecule has 2 aliphatic rings. The summed E-state index contributed by atoms with van der Waals surface area (Å²) < 4.78 is 26.7. The van der Waals surface area contributed by atoms with Crippen LogP contribution in [-0.2, 0) is 0 Å². The quantitative estimate of drug-likeness (QED) is 0.625. The summed E-state index contributed by atoms with van der Waals surface area (Å²) >= 11 is 0. The molecule has 116 valence electrons. The molecule has 3 rings (SSSR count). The molecule has 1 fully saturated rings. The van der Waals surface area contributed by atoms with E-state index >= 15 is 0 Å². The van der Waals surface area contributed by atoms with Crippen LogP contribution in [0, 0.1) is 41.7 Å². The summed E-state index contributed by atoms with van der Waals surface area (Å²) in [7, 11) is 0. The lowest BCUT2D eigenvalue weighted by molar-refractivity contribution is 0.215. The third kappa shape index (κ3) is 3.40. The lowest BCUT2D eigenvalue weighted by Gasteiger charge is -2.34. The number of rotatable bonds is 2. The molecule has 1 aromatic carbocycles. The van der Waals surface area contributed by atoms with E-state index < -0.39 is 11.6 Å². The van der Waals surface area contributed by atoms with Crippen molar-refractivity contribution >= 4 is 5.57 Å². The summed E-state index contributed by atoms with van der Waals surface area (Å²) in [5, 5.41) is 0. The van der Waals surface area contributed by atoms with Crippen LogP contribution in [0.5, 0.6) is 0 Å². The van der Waals surface area contributed by atoms with Gasteiger partial charge < -0.3 is 0 Å². The first-order chi connectivity index (χ1) is 10.7. The number of terminal acetylenes is 1. The molecule has 2 heteroatoms. The Morgan fingerprint density at radius 2 is 1.59 bits per heavy atom. The van der Waals surface area contributed by atoms with Crippen LogP contribution in [0.4, 0.5) is 8.78 Å². The monoisotopic (exact) mass is 300 g/mol. The lowest BCUT2D eigenvalue weighted by Crippen LogP contribution is -2.22. The zero-order valence-electron chi connectivity index (χ0n) is 12.8. The van der Waals surface area contributed by atoms with Crippen molar-refractivity contribution in [1.29, 1.82) is 0 Å². The topological polar surface area (TPSA) is 0 Å². The highest BCUT2D eigenvalue weighted by Crippen LogP contribution is 2.41. The van der Waals surface area contributed by atoms with Gasteiger partial charge in [0.15, 0.2) is 0 Å². The van der Waals surface area contributed by atoms with Gasteiger partial charge in [-0.2, -0.15) is 0 Å². The van der Waals surface area contributed by atoms with Gasteiger partial charge in [0.2, 0.25) is 0 Å². The maximum absolute atomic E-state index is 13.3. The number of halogens is 2. The van der Waals surface area contributed by atoms with Crippen LogP contribution in [0.1, 0.15) is 50.5 Å². The SMILES string of the molecule is C#CC1CCC(C2CC=C(c3cc(F)cc(F)c3)CC2)CC1. The van der Waals surface area contributed by atoms with Gasteiger partial charge in [-0.1, -0.05) is 6.08 Å². The van der Waals surface area contributed by atoms with Crippen molar-refractivity contribution in [3.05, 3.63) is 41.5 Å². The molecule has 0 nitrogen and oxygen atoms in total. The Bertz CT molecular complexity index is 580. The Labute approximate surface area is 131 Å². The van der Waals surface area contributed by atoms with Crippen LogP contribution in [0.2, 0.25) is 0 Å². The van der Waals surface area contributed by atoms with E-state index in [4.69, 9.17) is 6.42 Å². The Balaban J connectivity index is 1.64. The molecule has 2 aliphatic carbocycles. The molecule has 0 aromatic heterocycles. The summed E-state index contributed by atoms with van der Waals surface area (Å²) in [6.07, 6.45) is 15.5. The van der Waals surface area contributed by atoms with E-state index in [9.17, 15) is 8.78 Å². The first-order valence-electron chi connectivity index (χ1n) is 8.27. The van der Waals surface area contributed by atoms with Crippen molar-refractivity contribution in [1.82, 2.24) is 0 Å². The van der Waals surface area contributed by atoms with Gasteiger partial charge in [0.05, 0.1) is 0 Å². The average molecular weight is 300 g/mol. The molecule has 0 amide bonds. The second-order valence-electron chi connectivity index (χ2n) is 6.70. The van der Waals surface area contributed by atoms with E-state index in [1.165, 1.54) is 25.0 Å². The molecule has 0 aliphatic heterocycles. The first kappa shape index (κ1) is 15.3. The normalized spacial score (nSPS) is 28.8. The largest absolute Gasteiger partial charge is 0.207 e. The van der Waals surface area contributed by atoms with Gasteiger partial charge in [0, 0.05) is 12.0 Å². The average Bonchev–Trinajstić information content (AvgIpc) is 2.54. The molecule has 22 heavy (non-hydrogen) atoms. The van der Waals surface area contributed by atoms with E-state index in [0.717, 1.165) is 49.7 Å². The molecule has 1 aromatic rings. The minimum Gasteiger partial charge on any atom is -0.207 e. The van der Waals surface area contributed by atoms with Crippen molar-refractivity contribution in [2.24, 2.45) is 17.8 Å². The Morgan fingerprint density at radius 1 is 0.909 bits per heavy atom. The number of allylic oxidation sites excluding steroid dienone is 2. The first-order valence-corrected chi connectivity index (χ1v) is 8.27. The molecule has 0 radical (unpaired) electrons. The third-order valence-electron chi connectivity index (χ3n) is 5.36. The Kier molecular flexibility index (Phi) is 4.62. The van der Waals surface area contributed by atoms with Crippen LogP contribution in [0.15, 0.2) is 24.3 Å². The zero-order valence-corrected chi connectivity index (χ0v) is 12.8. The summed E-state index contributed by atoms with van der Waals surface area (Å²) in [5.74, 6) is 3.85. The Hall–Kier alpha value is -1.62. The summed E-state index contributed by atoms with van der Waals surface area (Å²) in [4.78, 5) is 0. The van der Waals surface area contributed by atoms with E-state index in [2.05, 4.69) is 12.0 Å². The summed E-state index contributed by atoms with van der Waals surface area (Å²) in [6, 6.07) is 3.81. The fourth-order valence-electron chi connectivity index (χ4n) is 4.04. The van der Waals surface area contributed by atoms with Crippen LogP contribution in [0.3, 0.4) is 0 Å². The number of benzene rings is 1. The molecule has 1 unspecified atom stereocenters. The second-order valence-corrected chi connectivity index (χ2v) is 6.70. The highest BCUT2D eigenvalue weighted by Gasteiger charge is 2.28. The molecule has 0 spiro atoms. The predicted octanol–water partition coefficient (Wildman–Crippen LogP) is 5.59. The highest BCUT2D eigenvalue weighted by molar-refractivity contribution is 5.66. The highest BCUT2D eigenvalue weighted by atomic mass is 19.1. The Morgan fingerprint density at radius 3 is 2.14 bits per heavy atom. The molecular formula is C20H22F2. The lowest BCUT2D eigenvalue weighted by atomic mass is 9.71. The fraction of sp³-hybridized carbons (Fsp3) is 0.500. The minimum absolute atomic E-state index is 0.473. The van der Waals surface area contributed by atoms with Crippen molar-refractivity contribution in [3.63, 3.8) is 0 Å². The van der Waals surface area contributed by atoms with Crippen molar-refractivity contribution in [2.45, 2.75) is 44.9 Å².